The Labute approximate surface area is 128 Å². The summed E-state index contributed by atoms with van der Waals surface area (Å²) in [6.45, 7) is 17.4. The molecule has 0 amide bonds. The fraction of sp³-hybridized carbons (Fsp3) is 0.579. The second kappa shape index (κ2) is 5.49. The predicted molar refractivity (Wildman–Crippen MR) is 91.0 cm³/mol. The third-order valence-corrected chi connectivity index (χ3v) is 3.88. The highest BCUT2D eigenvalue weighted by molar-refractivity contribution is 5.86. The van der Waals surface area contributed by atoms with E-state index in [2.05, 4.69) is 72.0 Å². The first-order valence-electron chi connectivity index (χ1n) is 7.92. The van der Waals surface area contributed by atoms with Gasteiger partial charge in [-0.15, -0.1) is 0 Å². The van der Waals surface area contributed by atoms with E-state index < -0.39 is 0 Å². The molecule has 0 aliphatic rings. The van der Waals surface area contributed by atoms with E-state index in [0.717, 1.165) is 24.4 Å². The summed E-state index contributed by atoms with van der Waals surface area (Å²) < 4.78 is 6.32. The molecule has 0 fully saturated rings. The van der Waals surface area contributed by atoms with Crippen molar-refractivity contribution in [2.24, 2.45) is 0 Å². The van der Waals surface area contributed by atoms with Gasteiger partial charge in [-0.3, -0.25) is 0 Å². The molecule has 2 nitrogen and oxygen atoms in total. The van der Waals surface area contributed by atoms with E-state index in [9.17, 15) is 0 Å². The van der Waals surface area contributed by atoms with Crippen molar-refractivity contribution < 1.29 is 4.42 Å². The van der Waals surface area contributed by atoms with Crippen LogP contribution in [0.15, 0.2) is 22.6 Å². The Bertz CT molecular complexity index is 623. The number of hydrogen-bond donors (Lipinski definition) is 1. The number of rotatable bonds is 3. The van der Waals surface area contributed by atoms with E-state index in [0.29, 0.717) is 0 Å². The second-order valence-corrected chi connectivity index (χ2v) is 7.86. The molecule has 2 heteroatoms. The Hall–Kier alpha value is -1.28. The molecule has 2 aromatic rings. The van der Waals surface area contributed by atoms with Crippen LogP contribution in [0.4, 0.5) is 0 Å². The minimum Gasteiger partial charge on any atom is -0.459 e. The maximum Gasteiger partial charge on any atom is 0.138 e. The van der Waals surface area contributed by atoms with Gasteiger partial charge in [-0.2, -0.15) is 0 Å². The molecule has 0 unspecified atom stereocenters. The van der Waals surface area contributed by atoms with Crippen LogP contribution in [-0.4, -0.2) is 6.54 Å². The summed E-state index contributed by atoms with van der Waals surface area (Å²) in [5.74, 6) is 1.08. The number of para-hydroxylation sites is 1. The molecule has 0 aliphatic carbocycles. The Morgan fingerprint density at radius 1 is 1.00 bits per heavy atom. The Balaban J connectivity index is 2.73. The molecule has 0 bridgehead atoms. The molecular formula is C19H29NO. The van der Waals surface area contributed by atoms with Crippen molar-refractivity contribution in [3.63, 3.8) is 0 Å². The van der Waals surface area contributed by atoms with E-state index in [-0.39, 0.29) is 10.8 Å². The van der Waals surface area contributed by atoms with E-state index in [1.807, 2.05) is 0 Å². The van der Waals surface area contributed by atoms with E-state index >= 15 is 0 Å². The van der Waals surface area contributed by atoms with Crippen LogP contribution in [0.5, 0.6) is 0 Å². The quantitative estimate of drug-likeness (QED) is 0.845. The van der Waals surface area contributed by atoms with Crippen molar-refractivity contribution in [3.8, 4) is 0 Å². The van der Waals surface area contributed by atoms with Gasteiger partial charge in [0.05, 0.1) is 6.54 Å². The fourth-order valence-electron chi connectivity index (χ4n) is 2.94. The largest absolute Gasteiger partial charge is 0.459 e. The van der Waals surface area contributed by atoms with Gasteiger partial charge in [-0.1, -0.05) is 66.7 Å². The third-order valence-electron chi connectivity index (χ3n) is 3.88. The first-order valence-corrected chi connectivity index (χ1v) is 7.92. The lowest BCUT2D eigenvalue weighted by atomic mass is 9.82. The minimum absolute atomic E-state index is 0.0759. The molecule has 21 heavy (non-hydrogen) atoms. The van der Waals surface area contributed by atoms with E-state index in [1.165, 1.54) is 16.5 Å². The molecule has 1 heterocycles. The number of fused-ring (bicyclic) bond motifs is 1. The molecule has 0 aliphatic heterocycles. The van der Waals surface area contributed by atoms with E-state index in [1.54, 1.807) is 0 Å². The van der Waals surface area contributed by atoms with Crippen LogP contribution in [0.3, 0.4) is 0 Å². The average Bonchev–Trinajstić information content (AvgIpc) is 2.72. The van der Waals surface area contributed by atoms with Crippen LogP contribution in [0.2, 0.25) is 0 Å². The molecule has 0 saturated heterocycles. The summed E-state index contributed by atoms with van der Waals surface area (Å²) in [5, 5.41) is 4.67. The normalized spacial score (nSPS) is 13.1. The lowest BCUT2D eigenvalue weighted by Crippen LogP contribution is -2.18. The standard InChI is InChI=1S/C19H29NO/c1-8-20-12-15-16(19(5,6)7)13-10-9-11-14(17(13)21-15)18(2,3)4/h9-11,20H,8,12H2,1-7H3. The zero-order chi connectivity index (χ0) is 15.8. The van der Waals surface area contributed by atoms with Crippen LogP contribution in [0, 0.1) is 0 Å². The van der Waals surface area contributed by atoms with Crippen molar-refractivity contribution in [2.75, 3.05) is 6.54 Å². The van der Waals surface area contributed by atoms with Gasteiger partial charge in [0, 0.05) is 16.5 Å². The summed E-state index contributed by atoms with van der Waals surface area (Å²) in [5.41, 5.74) is 3.84. The van der Waals surface area contributed by atoms with Gasteiger partial charge in [-0.25, -0.2) is 0 Å². The first kappa shape index (κ1) is 16.1. The Morgan fingerprint density at radius 3 is 2.19 bits per heavy atom. The molecule has 0 radical (unpaired) electrons. The molecule has 1 aromatic carbocycles. The molecule has 1 aromatic heterocycles. The predicted octanol–water partition coefficient (Wildman–Crippen LogP) is 5.14. The maximum atomic E-state index is 6.32. The summed E-state index contributed by atoms with van der Waals surface area (Å²) in [4.78, 5) is 0. The summed E-state index contributed by atoms with van der Waals surface area (Å²) in [7, 11) is 0. The number of hydrogen-bond acceptors (Lipinski definition) is 2. The van der Waals surface area contributed by atoms with Gasteiger partial charge in [-0.05, 0) is 17.4 Å². The number of furan rings is 1. The number of nitrogens with one attached hydrogen (secondary N) is 1. The average molecular weight is 287 g/mol. The molecule has 2 rings (SSSR count). The van der Waals surface area contributed by atoms with Crippen LogP contribution >= 0.6 is 0 Å². The SMILES string of the molecule is CCNCc1oc2c(C(C)(C)C)cccc2c1C(C)(C)C. The topological polar surface area (TPSA) is 25.2 Å². The van der Waals surface area contributed by atoms with Gasteiger partial charge >= 0.3 is 0 Å². The van der Waals surface area contributed by atoms with Crippen molar-refractivity contribution in [1.29, 1.82) is 0 Å². The van der Waals surface area contributed by atoms with Crippen LogP contribution in [0.1, 0.15) is 65.4 Å². The molecular weight excluding hydrogens is 258 g/mol. The fourth-order valence-corrected chi connectivity index (χ4v) is 2.94. The Morgan fingerprint density at radius 2 is 1.67 bits per heavy atom. The summed E-state index contributed by atoms with van der Waals surface area (Å²) in [6.07, 6.45) is 0. The van der Waals surface area contributed by atoms with Crippen molar-refractivity contribution in [1.82, 2.24) is 5.32 Å². The highest BCUT2D eigenvalue weighted by atomic mass is 16.3. The highest BCUT2D eigenvalue weighted by Gasteiger charge is 2.28. The first-order chi connectivity index (χ1) is 9.66. The Kier molecular flexibility index (Phi) is 4.21. The lowest BCUT2D eigenvalue weighted by Gasteiger charge is -2.21. The summed E-state index contributed by atoms with van der Waals surface area (Å²) >= 11 is 0. The van der Waals surface area contributed by atoms with Crippen molar-refractivity contribution in [3.05, 3.63) is 35.1 Å². The molecule has 116 valence electrons. The monoisotopic (exact) mass is 287 g/mol. The smallest absolute Gasteiger partial charge is 0.138 e. The molecule has 1 N–H and O–H groups in total. The van der Waals surface area contributed by atoms with Crippen molar-refractivity contribution in [2.45, 2.75) is 65.8 Å². The second-order valence-electron chi connectivity index (χ2n) is 7.86. The van der Waals surface area contributed by atoms with Gasteiger partial charge in [0.25, 0.3) is 0 Å². The number of benzene rings is 1. The molecule has 0 atom stereocenters. The van der Waals surface area contributed by atoms with Crippen LogP contribution < -0.4 is 5.32 Å². The van der Waals surface area contributed by atoms with Crippen molar-refractivity contribution >= 4 is 11.0 Å². The third kappa shape index (κ3) is 3.16. The zero-order valence-electron chi connectivity index (χ0n) is 14.6. The van der Waals surface area contributed by atoms with E-state index in [4.69, 9.17) is 4.42 Å². The zero-order valence-corrected chi connectivity index (χ0v) is 14.6. The van der Waals surface area contributed by atoms with Gasteiger partial charge in [0.2, 0.25) is 0 Å². The molecule has 0 saturated carbocycles. The molecule has 0 spiro atoms. The van der Waals surface area contributed by atoms with Crippen LogP contribution in [-0.2, 0) is 17.4 Å². The lowest BCUT2D eigenvalue weighted by molar-refractivity contribution is 0.479. The maximum absolute atomic E-state index is 6.32. The van der Waals surface area contributed by atoms with Crippen LogP contribution in [0.25, 0.3) is 11.0 Å². The van der Waals surface area contributed by atoms with Gasteiger partial charge in [0.1, 0.15) is 11.3 Å². The van der Waals surface area contributed by atoms with Gasteiger partial charge in [0.15, 0.2) is 0 Å². The summed E-state index contributed by atoms with van der Waals surface area (Å²) in [6, 6.07) is 6.55. The minimum atomic E-state index is 0.0759. The van der Waals surface area contributed by atoms with Gasteiger partial charge < -0.3 is 9.73 Å². The highest BCUT2D eigenvalue weighted by Crippen LogP contribution is 2.39.